The topological polar surface area (TPSA) is 130 Å². The van der Waals surface area contributed by atoms with Crippen molar-refractivity contribution in [3.8, 4) is 0 Å². The minimum absolute atomic E-state index is 0.0130. The summed E-state index contributed by atoms with van der Waals surface area (Å²) in [5.74, 6) is -1.03. The molecule has 2 atom stereocenters. The van der Waals surface area contributed by atoms with Crippen molar-refractivity contribution in [2.45, 2.75) is 50.2 Å². The Kier molecular flexibility index (Phi) is 11.5. The Morgan fingerprint density at radius 3 is 2.02 bits per heavy atom. The van der Waals surface area contributed by atoms with Crippen LogP contribution in [0.15, 0.2) is 114 Å². The zero-order valence-electron chi connectivity index (χ0n) is 25.5. The molecule has 12 heteroatoms. The fourth-order valence-electron chi connectivity index (χ4n) is 4.77. The van der Waals surface area contributed by atoms with Gasteiger partial charge >= 0.3 is 0 Å². The molecule has 0 aliphatic heterocycles. The van der Waals surface area contributed by atoms with Crippen molar-refractivity contribution in [3.05, 3.63) is 135 Å². The summed E-state index contributed by atoms with van der Waals surface area (Å²) in [5, 5.41) is 14.8. The van der Waals surface area contributed by atoms with Gasteiger partial charge in [0.15, 0.2) is 0 Å². The fourth-order valence-corrected chi connectivity index (χ4v) is 6.33. The molecule has 0 saturated carbocycles. The highest BCUT2D eigenvalue weighted by atomic mass is 35.5. The molecule has 0 heterocycles. The first-order chi connectivity index (χ1) is 22.0. The van der Waals surface area contributed by atoms with Gasteiger partial charge in [-0.15, -0.1) is 0 Å². The van der Waals surface area contributed by atoms with Gasteiger partial charge in [-0.05, 0) is 60.9 Å². The van der Waals surface area contributed by atoms with Crippen molar-refractivity contribution in [2.24, 2.45) is 0 Å². The number of nitrogens with zero attached hydrogens (tertiary/aromatic N) is 3. The van der Waals surface area contributed by atoms with Crippen LogP contribution in [0.5, 0.6) is 0 Å². The molecule has 0 unspecified atom stereocenters. The Balaban J connectivity index is 1.81. The van der Waals surface area contributed by atoms with E-state index >= 15 is 0 Å². The van der Waals surface area contributed by atoms with E-state index in [0.29, 0.717) is 17.0 Å². The molecule has 4 aromatic rings. The number of non-ortho nitro benzene ring substituents is 1. The largest absolute Gasteiger partial charge is 0.352 e. The summed E-state index contributed by atoms with van der Waals surface area (Å²) in [6.45, 7) is 3.11. The van der Waals surface area contributed by atoms with Gasteiger partial charge in [0.05, 0.1) is 15.5 Å². The van der Waals surface area contributed by atoms with Gasteiger partial charge in [-0.25, -0.2) is 8.42 Å². The van der Waals surface area contributed by atoms with Crippen LogP contribution < -0.4 is 9.62 Å². The molecule has 10 nitrogen and oxygen atoms in total. The number of nitro groups is 1. The van der Waals surface area contributed by atoms with Crippen molar-refractivity contribution < 1.29 is 22.9 Å². The van der Waals surface area contributed by atoms with E-state index in [2.05, 4.69) is 5.32 Å². The van der Waals surface area contributed by atoms with Gasteiger partial charge in [0.25, 0.3) is 15.7 Å². The molecule has 0 fully saturated rings. The highest BCUT2D eigenvalue weighted by Crippen LogP contribution is 2.27. The molecule has 1 N–H and O–H groups in total. The van der Waals surface area contributed by atoms with E-state index in [4.69, 9.17) is 11.6 Å². The van der Waals surface area contributed by atoms with E-state index in [1.54, 1.807) is 42.5 Å². The molecule has 46 heavy (non-hydrogen) atoms. The van der Waals surface area contributed by atoms with Crippen LogP contribution in [0.25, 0.3) is 0 Å². The molecule has 0 aromatic heterocycles. The minimum atomic E-state index is -4.32. The van der Waals surface area contributed by atoms with Crippen molar-refractivity contribution in [3.63, 3.8) is 0 Å². The molecule has 4 rings (SSSR count). The van der Waals surface area contributed by atoms with Crippen molar-refractivity contribution in [1.29, 1.82) is 0 Å². The molecule has 0 spiro atoms. The number of anilines is 1. The number of carbonyl (C=O) groups excluding carboxylic acids is 2. The maximum Gasteiger partial charge on any atom is 0.269 e. The van der Waals surface area contributed by atoms with Gasteiger partial charge in [-0.3, -0.25) is 24.0 Å². The molecular formula is C34H35ClN4O6S. The molecule has 4 aromatic carbocycles. The normalized spacial score (nSPS) is 12.5. The highest BCUT2D eigenvalue weighted by Gasteiger charge is 2.35. The van der Waals surface area contributed by atoms with Crippen molar-refractivity contribution >= 4 is 44.8 Å². The van der Waals surface area contributed by atoms with Crippen LogP contribution in [0.4, 0.5) is 11.4 Å². The minimum Gasteiger partial charge on any atom is -0.352 e. The SMILES string of the molecule is CC[C@@H](C)NC(=O)[C@@H](Cc1ccccc1)N(Cc1ccc(Cl)cc1)C(=O)CN(c1ccc([N+](=O)[O-])cc1)S(=O)(=O)c1ccccc1. The number of hydrogen-bond acceptors (Lipinski definition) is 6. The molecule has 0 radical (unpaired) electrons. The summed E-state index contributed by atoms with van der Waals surface area (Å²) in [6.07, 6.45) is 0.837. The molecular weight excluding hydrogens is 628 g/mol. The molecule has 0 aliphatic rings. The number of nitrogens with one attached hydrogen (secondary N) is 1. The smallest absolute Gasteiger partial charge is 0.269 e. The van der Waals surface area contributed by atoms with Crippen LogP contribution in [-0.2, 0) is 32.6 Å². The summed E-state index contributed by atoms with van der Waals surface area (Å²) in [4.78, 5) is 40.3. The van der Waals surface area contributed by atoms with E-state index in [0.717, 1.165) is 9.87 Å². The second kappa shape index (κ2) is 15.5. The molecule has 0 saturated heterocycles. The summed E-state index contributed by atoms with van der Waals surface area (Å²) < 4.78 is 28.9. The lowest BCUT2D eigenvalue weighted by Crippen LogP contribution is -2.54. The average molecular weight is 663 g/mol. The number of halogens is 1. The number of benzene rings is 4. The Bertz CT molecular complexity index is 1740. The van der Waals surface area contributed by atoms with Gasteiger partial charge in [0.2, 0.25) is 11.8 Å². The number of nitro benzene ring substituents is 1. The van der Waals surface area contributed by atoms with Gasteiger partial charge in [0.1, 0.15) is 12.6 Å². The molecule has 240 valence electrons. The third-order valence-corrected chi connectivity index (χ3v) is 9.54. The lowest BCUT2D eigenvalue weighted by molar-refractivity contribution is -0.384. The standard InChI is InChI=1S/C34H35ClN4O6S/c1-3-25(2)36-34(41)32(22-26-10-6-4-7-11-26)37(23-27-14-16-28(35)17-15-27)33(40)24-38(29-18-20-30(21-19-29)39(42)43)46(44,45)31-12-8-5-9-13-31/h4-21,25,32H,3,22-24H2,1-2H3,(H,36,41)/t25-,32-/m1/s1. The first kappa shape index (κ1) is 34.1. The Morgan fingerprint density at radius 1 is 0.870 bits per heavy atom. The summed E-state index contributed by atoms with van der Waals surface area (Å²) in [5.41, 5.74) is 1.31. The second-order valence-corrected chi connectivity index (χ2v) is 13.1. The first-order valence-corrected chi connectivity index (χ1v) is 16.5. The van der Waals surface area contributed by atoms with Gasteiger partial charge in [-0.1, -0.05) is 79.2 Å². The van der Waals surface area contributed by atoms with Crippen LogP contribution in [0, 0.1) is 10.1 Å². The predicted octanol–water partition coefficient (Wildman–Crippen LogP) is 6.00. The Morgan fingerprint density at radius 2 is 1.46 bits per heavy atom. The lowest BCUT2D eigenvalue weighted by atomic mass is 10.0. The maximum atomic E-state index is 14.4. The average Bonchev–Trinajstić information content (AvgIpc) is 3.06. The summed E-state index contributed by atoms with van der Waals surface area (Å²) in [7, 11) is -4.32. The van der Waals surface area contributed by atoms with Crippen LogP contribution in [0.3, 0.4) is 0 Å². The lowest BCUT2D eigenvalue weighted by Gasteiger charge is -2.34. The van der Waals surface area contributed by atoms with Crippen molar-refractivity contribution in [2.75, 3.05) is 10.8 Å². The van der Waals surface area contributed by atoms with Crippen LogP contribution >= 0.6 is 11.6 Å². The maximum absolute atomic E-state index is 14.4. The quantitative estimate of drug-likeness (QED) is 0.130. The highest BCUT2D eigenvalue weighted by molar-refractivity contribution is 7.92. The molecule has 0 bridgehead atoms. The van der Waals surface area contributed by atoms with E-state index in [1.165, 1.54) is 41.3 Å². The van der Waals surface area contributed by atoms with E-state index in [9.17, 15) is 28.1 Å². The number of rotatable bonds is 14. The van der Waals surface area contributed by atoms with Gasteiger partial charge in [-0.2, -0.15) is 0 Å². The van der Waals surface area contributed by atoms with Crippen LogP contribution in [0.2, 0.25) is 5.02 Å². The zero-order valence-corrected chi connectivity index (χ0v) is 27.0. The zero-order chi connectivity index (χ0) is 33.3. The second-order valence-electron chi connectivity index (χ2n) is 10.8. The first-order valence-electron chi connectivity index (χ1n) is 14.7. The van der Waals surface area contributed by atoms with E-state index in [1.807, 2.05) is 44.2 Å². The number of hydrogen-bond donors (Lipinski definition) is 1. The molecule has 2 amide bonds. The van der Waals surface area contributed by atoms with Gasteiger partial charge in [0, 0.05) is 36.2 Å². The number of sulfonamides is 1. The Hall–Kier alpha value is -4.74. The van der Waals surface area contributed by atoms with Crippen LogP contribution in [-0.4, -0.2) is 48.7 Å². The van der Waals surface area contributed by atoms with E-state index < -0.39 is 33.4 Å². The van der Waals surface area contributed by atoms with Crippen LogP contribution in [0.1, 0.15) is 31.4 Å². The van der Waals surface area contributed by atoms with Crippen molar-refractivity contribution in [1.82, 2.24) is 10.2 Å². The Labute approximate surface area is 273 Å². The summed E-state index contributed by atoms with van der Waals surface area (Å²) >= 11 is 6.12. The predicted molar refractivity (Wildman–Crippen MR) is 178 cm³/mol. The third kappa shape index (κ3) is 8.70. The number of amides is 2. The molecule has 0 aliphatic carbocycles. The third-order valence-electron chi connectivity index (χ3n) is 7.50. The fraction of sp³-hybridized carbons (Fsp3) is 0.235. The monoisotopic (exact) mass is 662 g/mol. The summed E-state index contributed by atoms with van der Waals surface area (Å²) in [6, 6.07) is 27.4. The van der Waals surface area contributed by atoms with Gasteiger partial charge < -0.3 is 10.2 Å². The van der Waals surface area contributed by atoms with E-state index in [-0.39, 0.29) is 41.2 Å². The number of carbonyl (C=O) groups is 2.